The van der Waals surface area contributed by atoms with Crippen LogP contribution in [-0.4, -0.2) is 47.9 Å². The molecule has 0 bridgehead atoms. The summed E-state index contributed by atoms with van der Waals surface area (Å²) in [5.41, 5.74) is 4.88. The largest absolute Gasteiger partial charge is 0.470 e. The second kappa shape index (κ2) is 9.18. The average molecular weight is 573 g/mol. The maximum absolute atomic E-state index is 14.6. The summed E-state index contributed by atoms with van der Waals surface area (Å²) in [5.74, 6) is 0.816. The minimum atomic E-state index is -3.63. The number of rotatable bonds is 6. The van der Waals surface area contributed by atoms with Gasteiger partial charge in [-0.1, -0.05) is 6.07 Å². The molecule has 0 radical (unpaired) electrons. The van der Waals surface area contributed by atoms with Crippen LogP contribution in [0.4, 0.5) is 10.1 Å². The Morgan fingerprint density at radius 3 is 2.76 bits per heavy atom. The summed E-state index contributed by atoms with van der Waals surface area (Å²) in [6, 6.07) is 13.9. The van der Waals surface area contributed by atoms with Gasteiger partial charge in [0.1, 0.15) is 29.2 Å². The number of furan rings is 1. The van der Waals surface area contributed by atoms with E-state index in [0.29, 0.717) is 63.0 Å². The quantitative estimate of drug-likeness (QED) is 0.302. The number of hydrogen-bond donors (Lipinski definition) is 1. The van der Waals surface area contributed by atoms with Gasteiger partial charge in [0, 0.05) is 54.0 Å². The molecule has 1 N–H and O–H groups in total. The number of sulfonamides is 1. The van der Waals surface area contributed by atoms with Gasteiger partial charge in [0.2, 0.25) is 15.9 Å². The Morgan fingerprint density at radius 1 is 1.15 bits per heavy atom. The number of fused-ring (bicyclic) bond motifs is 6. The molecule has 5 heterocycles. The molecule has 0 atom stereocenters. The maximum Gasteiger partial charge on any atom is 0.232 e. The Balaban J connectivity index is 1.48. The predicted octanol–water partition coefficient (Wildman–Crippen LogP) is 4.91. The molecule has 0 saturated carbocycles. The van der Waals surface area contributed by atoms with Gasteiger partial charge < -0.3 is 19.0 Å². The second-order valence-electron chi connectivity index (χ2n) is 9.93. The zero-order chi connectivity index (χ0) is 28.5. The fourth-order valence-corrected chi connectivity index (χ4v) is 5.87. The minimum Gasteiger partial charge on any atom is -0.470 e. The Morgan fingerprint density at radius 2 is 2.00 bits per heavy atom. The third-order valence-corrected chi connectivity index (χ3v) is 8.63. The highest BCUT2D eigenvalue weighted by Crippen LogP contribution is 2.42. The number of nitrogens with one attached hydrogen (secondary N) is 1. The number of aromatic nitrogens is 4. The molecule has 7 rings (SSSR count). The molecule has 41 heavy (non-hydrogen) atoms. The second-order valence-corrected chi connectivity index (χ2v) is 11.9. The Kier molecular flexibility index (Phi) is 5.66. The monoisotopic (exact) mass is 572 g/mol. The van der Waals surface area contributed by atoms with Crippen LogP contribution < -0.4 is 14.4 Å². The predicted molar refractivity (Wildman–Crippen MR) is 154 cm³/mol. The summed E-state index contributed by atoms with van der Waals surface area (Å²) < 4.78 is 57.2. The van der Waals surface area contributed by atoms with Crippen molar-refractivity contribution in [2.75, 3.05) is 24.7 Å². The molecule has 0 fully saturated rings. The van der Waals surface area contributed by atoms with E-state index < -0.39 is 10.0 Å². The zero-order valence-electron chi connectivity index (χ0n) is 22.4. The molecular formula is C29H25FN6O4S. The molecule has 1 aliphatic heterocycles. The van der Waals surface area contributed by atoms with Gasteiger partial charge in [-0.15, -0.1) is 0 Å². The van der Waals surface area contributed by atoms with Crippen LogP contribution in [0.1, 0.15) is 5.56 Å². The van der Waals surface area contributed by atoms with Gasteiger partial charge in [0.25, 0.3) is 0 Å². The molecular weight excluding hydrogens is 547 g/mol. The van der Waals surface area contributed by atoms with Crippen molar-refractivity contribution in [2.45, 2.75) is 13.3 Å². The van der Waals surface area contributed by atoms with Crippen LogP contribution in [0.5, 0.6) is 5.75 Å². The molecule has 12 heteroatoms. The Hall–Kier alpha value is -4.68. The lowest BCUT2D eigenvalue weighted by atomic mass is 10.0. The zero-order valence-corrected chi connectivity index (χ0v) is 23.2. The third kappa shape index (κ3) is 3.98. The van der Waals surface area contributed by atoms with E-state index in [9.17, 15) is 12.8 Å². The number of halogens is 1. The molecule has 0 amide bonds. The smallest absolute Gasteiger partial charge is 0.232 e. The van der Waals surface area contributed by atoms with Gasteiger partial charge in [0.15, 0.2) is 6.73 Å². The lowest BCUT2D eigenvalue weighted by Gasteiger charge is -2.23. The SMILES string of the molecule is CNCc1c(-n2ccnc2)oc2cc(N(C)S(C)(=O)=O)c(-c3ccc4c(n3)-c3cc5c(F)cccc5n3CO4)cc12. The first-order chi connectivity index (χ1) is 19.7. The number of hydrogen-bond acceptors (Lipinski definition) is 7. The van der Waals surface area contributed by atoms with Gasteiger partial charge in [-0.25, -0.2) is 22.8 Å². The molecule has 2 aromatic carbocycles. The Bertz CT molecular complexity index is 2080. The van der Waals surface area contributed by atoms with Gasteiger partial charge >= 0.3 is 0 Å². The minimum absolute atomic E-state index is 0.226. The summed E-state index contributed by atoms with van der Waals surface area (Å²) in [6.07, 6.45) is 6.24. The lowest BCUT2D eigenvalue weighted by Crippen LogP contribution is -2.25. The molecule has 4 aromatic heterocycles. The van der Waals surface area contributed by atoms with E-state index in [0.717, 1.165) is 17.2 Å². The van der Waals surface area contributed by atoms with Crippen LogP contribution in [0, 0.1) is 5.82 Å². The standard InChI is InChI=1S/C29H25FN6O4S/c1-31-14-20-17-11-19(24(34(2)41(3,37)38)13-27(17)40-29(20)35-10-9-32-15-35)22-7-8-26-28(33-22)25-12-18-21(30)5-4-6-23(18)36(25)16-39-26/h4-13,15,31H,14,16H2,1-3H3. The van der Waals surface area contributed by atoms with Crippen molar-refractivity contribution in [3.05, 3.63) is 78.6 Å². The van der Waals surface area contributed by atoms with E-state index >= 15 is 0 Å². The van der Waals surface area contributed by atoms with E-state index in [-0.39, 0.29) is 12.5 Å². The molecule has 0 spiro atoms. The highest BCUT2D eigenvalue weighted by atomic mass is 32.2. The summed E-state index contributed by atoms with van der Waals surface area (Å²) in [5, 5.41) is 4.47. The highest BCUT2D eigenvalue weighted by molar-refractivity contribution is 7.92. The molecule has 6 aromatic rings. The first-order valence-corrected chi connectivity index (χ1v) is 14.7. The van der Waals surface area contributed by atoms with Crippen molar-refractivity contribution in [3.8, 4) is 34.3 Å². The normalized spacial score (nSPS) is 12.9. The van der Waals surface area contributed by atoms with Crippen molar-refractivity contribution < 1.29 is 22.0 Å². The number of pyridine rings is 1. The van der Waals surface area contributed by atoms with E-state index in [1.54, 1.807) is 47.6 Å². The molecule has 0 unspecified atom stereocenters. The van der Waals surface area contributed by atoms with Crippen molar-refractivity contribution in [1.82, 2.24) is 24.4 Å². The van der Waals surface area contributed by atoms with Gasteiger partial charge in [-0.3, -0.25) is 8.87 Å². The van der Waals surface area contributed by atoms with E-state index in [4.69, 9.17) is 14.1 Å². The fourth-order valence-electron chi connectivity index (χ4n) is 5.36. The van der Waals surface area contributed by atoms with Crippen LogP contribution in [0.3, 0.4) is 0 Å². The van der Waals surface area contributed by atoms with Crippen LogP contribution in [0.2, 0.25) is 0 Å². The summed E-state index contributed by atoms with van der Waals surface area (Å²) in [6.45, 7) is 0.724. The molecule has 10 nitrogen and oxygen atoms in total. The molecule has 1 aliphatic rings. The van der Waals surface area contributed by atoms with Crippen LogP contribution in [-0.2, 0) is 23.3 Å². The van der Waals surface area contributed by atoms with Crippen molar-refractivity contribution in [3.63, 3.8) is 0 Å². The summed E-state index contributed by atoms with van der Waals surface area (Å²) >= 11 is 0. The topological polar surface area (TPSA) is 107 Å². The summed E-state index contributed by atoms with van der Waals surface area (Å²) in [4.78, 5) is 9.10. The third-order valence-electron chi connectivity index (χ3n) is 7.44. The highest BCUT2D eigenvalue weighted by Gasteiger charge is 2.26. The fraction of sp³-hybridized carbons (Fsp3) is 0.172. The number of anilines is 1. The van der Waals surface area contributed by atoms with Crippen molar-refractivity contribution in [2.24, 2.45) is 0 Å². The number of benzene rings is 2. The van der Waals surface area contributed by atoms with E-state index in [1.807, 2.05) is 29.8 Å². The van der Waals surface area contributed by atoms with Crippen LogP contribution in [0.15, 0.2) is 71.7 Å². The molecule has 0 aliphatic carbocycles. The van der Waals surface area contributed by atoms with Gasteiger partial charge in [-0.2, -0.15) is 0 Å². The lowest BCUT2D eigenvalue weighted by molar-refractivity contribution is 0.234. The van der Waals surface area contributed by atoms with Crippen LogP contribution >= 0.6 is 0 Å². The van der Waals surface area contributed by atoms with Gasteiger partial charge in [-0.05, 0) is 43.4 Å². The van der Waals surface area contributed by atoms with E-state index in [2.05, 4.69) is 10.3 Å². The van der Waals surface area contributed by atoms with Gasteiger partial charge in [0.05, 0.1) is 28.8 Å². The van der Waals surface area contributed by atoms with E-state index in [1.165, 1.54) is 17.4 Å². The number of nitrogens with zero attached hydrogens (tertiary/aromatic N) is 5. The average Bonchev–Trinajstić information content (AvgIpc) is 3.70. The number of imidazole rings is 1. The van der Waals surface area contributed by atoms with Crippen LogP contribution in [0.25, 0.3) is 50.4 Å². The first kappa shape index (κ1) is 25.3. The Labute approximate surface area is 234 Å². The summed E-state index contributed by atoms with van der Waals surface area (Å²) in [7, 11) is -0.294. The molecule has 208 valence electrons. The van der Waals surface area contributed by atoms with Crippen molar-refractivity contribution >= 4 is 37.6 Å². The molecule has 0 saturated heterocycles. The number of ether oxygens (including phenoxy) is 1. The van der Waals surface area contributed by atoms with Crippen molar-refractivity contribution in [1.29, 1.82) is 0 Å². The first-order valence-electron chi connectivity index (χ1n) is 12.8. The maximum atomic E-state index is 14.6.